The first-order valence-corrected chi connectivity index (χ1v) is 18.4. The maximum absolute atomic E-state index is 13.8. The lowest BCUT2D eigenvalue weighted by molar-refractivity contribution is -0.144. The lowest BCUT2D eigenvalue weighted by Crippen LogP contribution is -2.58. The fraction of sp³-hybridized carbons (Fsp3) is 0.727. The molecule has 0 aromatic rings. The van der Waals surface area contributed by atoms with Gasteiger partial charge in [0.25, 0.3) is 0 Å². The maximum atomic E-state index is 13.8. The lowest BCUT2D eigenvalue weighted by atomic mass is 9.87. The summed E-state index contributed by atoms with van der Waals surface area (Å²) < 4.78 is 0. The highest BCUT2D eigenvalue weighted by Crippen LogP contribution is 2.23. The zero-order chi connectivity index (χ0) is 40.9. The Hall–Kier alpha value is -4.18. The predicted octanol–water partition coefficient (Wildman–Crippen LogP) is -5.40. The molecule has 10 atom stereocenters. The number of nitrogens with two attached hydrogens (primary N) is 2. The molecule has 0 radical (unpaired) electrons. The van der Waals surface area contributed by atoms with Crippen LogP contribution in [0.3, 0.4) is 0 Å². The summed E-state index contributed by atoms with van der Waals surface area (Å²) in [6, 6.07) is -5.81. The van der Waals surface area contributed by atoms with E-state index in [1.54, 1.807) is 13.8 Å². The van der Waals surface area contributed by atoms with Gasteiger partial charge in [0.15, 0.2) is 11.6 Å². The minimum absolute atomic E-state index is 0.202. The van der Waals surface area contributed by atoms with Gasteiger partial charge in [-0.1, -0.05) is 27.2 Å². The molecular weight excluding hydrogens is 732 g/mol. The van der Waals surface area contributed by atoms with Crippen molar-refractivity contribution in [1.29, 1.82) is 0 Å². The van der Waals surface area contributed by atoms with E-state index in [4.69, 9.17) is 11.5 Å². The maximum Gasteiger partial charge on any atom is 0.246 e. The van der Waals surface area contributed by atoms with Crippen LogP contribution in [0.25, 0.3) is 0 Å². The Bertz CT molecular complexity index is 1420. The van der Waals surface area contributed by atoms with Gasteiger partial charge in [0, 0.05) is 44.0 Å². The Labute approximate surface area is 318 Å². The van der Waals surface area contributed by atoms with Gasteiger partial charge < -0.3 is 58.3 Å². The van der Waals surface area contributed by atoms with Crippen LogP contribution in [-0.2, 0) is 43.2 Å². The molecule has 2 rings (SSSR count). The summed E-state index contributed by atoms with van der Waals surface area (Å²) in [5.41, 5.74) is 11.2. The van der Waals surface area contributed by atoms with E-state index in [9.17, 15) is 58.5 Å². The highest BCUT2D eigenvalue weighted by Gasteiger charge is 2.44. The number of carbonyl (C=O) groups is 9. The molecule has 0 spiro atoms. The van der Waals surface area contributed by atoms with Crippen LogP contribution < -0.4 is 38.1 Å². The molecule has 21 heteroatoms. The van der Waals surface area contributed by atoms with Crippen LogP contribution in [0.4, 0.5) is 0 Å². The van der Waals surface area contributed by atoms with Crippen molar-refractivity contribution in [2.45, 2.75) is 89.3 Å². The Kier molecular flexibility index (Phi) is 18.4. The SMILES string of the molecule is CC[C@H](C)[C@@H]1NC(=O)CNC(=O)[C@H](CN)CC(=O)[C@H]([C@@H](C)[C@@H](O)CO)NC(=O)[C@@H]2C[C@@H](O)CN2C(=O)[C@H](CC(N)=O)NC(=O)[C@H](CS)CC(=O)CNC1=O. The van der Waals surface area contributed by atoms with Crippen molar-refractivity contribution in [2.75, 3.05) is 38.5 Å². The molecule has 0 unspecified atom stereocenters. The number of nitrogens with one attached hydrogen (secondary N) is 5. The number of rotatable bonds is 9. The smallest absolute Gasteiger partial charge is 0.246 e. The van der Waals surface area contributed by atoms with E-state index in [0.29, 0.717) is 6.42 Å². The van der Waals surface area contributed by atoms with Crippen LogP contribution in [0.15, 0.2) is 0 Å². The molecule has 12 N–H and O–H groups in total. The highest BCUT2D eigenvalue weighted by molar-refractivity contribution is 7.80. The van der Waals surface area contributed by atoms with Gasteiger partial charge in [-0.2, -0.15) is 12.6 Å². The van der Waals surface area contributed by atoms with Gasteiger partial charge in [-0.3, -0.25) is 43.2 Å². The normalized spacial score (nSPS) is 29.4. The van der Waals surface area contributed by atoms with Gasteiger partial charge in [-0.15, -0.1) is 0 Å². The number of thiol groups is 1. The third-order valence-corrected chi connectivity index (χ3v) is 10.2. The third kappa shape index (κ3) is 13.0. The summed E-state index contributed by atoms with van der Waals surface area (Å²) in [7, 11) is 0. The van der Waals surface area contributed by atoms with Crippen LogP contribution in [0.5, 0.6) is 0 Å². The van der Waals surface area contributed by atoms with Crippen molar-refractivity contribution in [3.05, 3.63) is 0 Å². The monoisotopic (exact) mass is 786 g/mol. The first-order chi connectivity index (χ1) is 25.4. The van der Waals surface area contributed by atoms with Crippen molar-refractivity contribution in [1.82, 2.24) is 31.5 Å². The number of aliphatic hydroxyl groups excluding tert-OH is 3. The number of Topliss-reactive ketones (excluding diaryl/α,β-unsaturated/α-hetero) is 2. The second kappa shape index (κ2) is 21.6. The van der Waals surface area contributed by atoms with E-state index in [1.165, 1.54) is 6.92 Å². The van der Waals surface area contributed by atoms with Gasteiger partial charge in [-0.05, 0) is 5.92 Å². The molecule has 7 amide bonds. The summed E-state index contributed by atoms with van der Waals surface area (Å²) >= 11 is 4.15. The van der Waals surface area contributed by atoms with Crippen LogP contribution in [0, 0.1) is 23.7 Å². The number of primary amides is 1. The fourth-order valence-corrected chi connectivity index (χ4v) is 6.41. The summed E-state index contributed by atoms with van der Waals surface area (Å²) in [5, 5.41) is 42.8. The number of carbonyl (C=O) groups excluding carboxylic acids is 9. The van der Waals surface area contributed by atoms with Crippen LogP contribution in [0.1, 0.15) is 52.9 Å². The fourth-order valence-electron chi connectivity index (χ4n) is 6.11. The second-order valence-electron chi connectivity index (χ2n) is 13.8. The molecule has 0 aromatic carbocycles. The minimum Gasteiger partial charge on any atom is -0.394 e. The number of aliphatic hydroxyl groups is 3. The lowest BCUT2D eigenvalue weighted by Gasteiger charge is -2.32. The van der Waals surface area contributed by atoms with Crippen molar-refractivity contribution in [3.8, 4) is 0 Å². The molecule has 0 aromatic heterocycles. The van der Waals surface area contributed by atoms with E-state index in [-0.39, 0.29) is 18.7 Å². The standard InChI is InChI=1S/C33H54N8O12S/c1-4-15(2)27-32(52)36-10-19(43)5-18(14-54)30(50)38-21(8-25(35)47)33(53)41-12-20(44)7-22(41)31(51)40-28(16(3)24(46)13-42)23(45)6-17(9-34)29(49)37-11-26(48)39-27/h15-18,20-22,24,27-28,42,44,46,54H,4-14,34H2,1-3H3,(H2,35,47)(H,36,52)(H,37,49)(H,38,50)(H,39,48)(H,40,51)/t15-,16-,17-,18-,20+,21-,22-,24-,27-,28-/m0/s1. The van der Waals surface area contributed by atoms with Crippen molar-refractivity contribution in [3.63, 3.8) is 0 Å². The Morgan fingerprint density at radius 2 is 1.56 bits per heavy atom. The molecular formula is C33H54N8O12S. The number of hydrogen-bond acceptors (Lipinski definition) is 14. The summed E-state index contributed by atoms with van der Waals surface area (Å²) in [6.07, 6.45) is -4.49. The molecule has 2 fully saturated rings. The molecule has 0 bridgehead atoms. The number of fused-ring (bicyclic) bond motifs is 1. The minimum atomic E-state index is -1.66. The molecule has 2 aliphatic heterocycles. The third-order valence-electron chi connectivity index (χ3n) is 9.71. The highest BCUT2D eigenvalue weighted by atomic mass is 32.1. The molecule has 54 heavy (non-hydrogen) atoms. The quantitative estimate of drug-likeness (QED) is 0.0974. The summed E-state index contributed by atoms with van der Waals surface area (Å²) in [4.78, 5) is 120. The van der Waals surface area contributed by atoms with Gasteiger partial charge in [0.05, 0.1) is 56.2 Å². The molecule has 20 nitrogen and oxygen atoms in total. The molecule has 2 saturated heterocycles. The van der Waals surface area contributed by atoms with Crippen molar-refractivity contribution >= 4 is 65.5 Å². The van der Waals surface area contributed by atoms with E-state index >= 15 is 0 Å². The second-order valence-corrected chi connectivity index (χ2v) is 14.2. The van der Waals surface area contributed by atoms with E-state index in [1.807, 2.05) is 0 Å². The van der Waals surface area contributed by atoms with Crippen LogP contribution in [0.2, 0.25) is 0 Å². The zero-order valence-corrected chi connectivity index (χ0v) is 31.5. The number of ketones is 2. The van der Waals surface area contributed by atoms with Crippen LogP contribution >= 0.6 is 12.6 Å². The largest absolute Gasteiger partial charge is 0.394 e. The Balaban J connectivity index is 2.57. The summed E-state index contributed by atoms with van der Waals surface area (Å²) in [5.74, 6) is -11.8. The first kappa shape index (κ1) is 46.0. The number of amides is 7. The van der Waals surface area contributed by atoms with Crippen LogP contribution in [-0.4, -0.2) is 148 Å². The van der Waals surface area contributed by atoms with Gasteiger partial charge in [0.1, 0.15) is 18.1 Å². The topological polar surface area (TPSA) is 330 Å². The summed E-state index contributed by atoms with van der Waals surface area (Å²) in [6.45, 7) is 2.00. The van der Waals surface area contributed by atoms with Gasteiger partial charge >= 0.3 is 0 Å². The van der Waals surface area contributed by atoms with Crippen molar-refractivity contribution < 1.29 is 58.5 Å². The molecule has 0 aliphatic carbocycles. The number of nitrogens with zero attached hydrogens (tertiary/aromatic N) is 1. The molecule has 2 heterocycles. The predicted molar refractivity (Wildman–Crippen MR) is 193 cm³/mol. The van der Waals surface area contributed by atoms with E-state index in [2.05, 4.69) is 39.2 Å². The van der Waals surface area contributed by atoms with E-state index in [0.717, 1.165) is 4.90 Å². The van der Waals surface area contributed by atoms with Gasteiger partial charge in [0.2, 0.25) is 41.4 Å². The van der Waals surface area contributed by atoms with E-state index < -0.39 is 158 Å². The Morgan fingerprint density at radius 1 is 0.907 bits per heavy atom. The average Bonchev–Trinajstić information content (AvgIpc) is 3.54. The average molecular weight is 787 g/mol. The molecule has 0 saturated carbocycles. The Morgan fingerprint density at radius 3 is 2.13 bits per heavy atom. The molecule has 2 aliphatic rings. The zero-order valence-electron chi connectivity index (χ0n) is 30.6. The van der Waals surface area contributed by atoms with Crippen molar-refractivity contribution in [2.24, 2.45) is 35.1 Å². The van der Waals surface area contributed by atoms with Gasteiger partial charge in [-0.25, -0.2) is 0 Å². The number of hydrogen-bond donors (Lipinski definition) is 11. The first-order valence-electron chi connectivity index (χ1n) is 17.7. The molecule has 304 valence electrons.